The first-order valence-electron chi connectivity index (χ1n) is 8.12. The average molecular weight is 300 g/mol. The minimum Gasteiger partial charge on any atom is -0.497 e. The molecular weight excluding hydrogens is 276 g/mol. The lowest BCUT2D eigenvalue weighted by Crippen LogP contribution is -2.38. The highest BCUT2D eigenvalue weighted by Crippen LogP contribution is 2.27. The molecule has 1 fully saturated rings. The van der Waals surface area contributed by atoms with E-state index in [1.54, 1.807) is 17.7 Å². The molecule has 0 radical (unpaired) electrons. The number of hydrogen-bond donors (Lipinski definition) is 1. The molecule has 1 unspecified atom stereocenters. The van der Waals surface area contributed by atoms with Gasteiger partial charge in [0.1, 0.15) is 5.75 Å². The Morgan fingerprint density at radius 3 is 2.68 bits per heavy atom. The summed E-state index contributed by atoms with van der Waals surface area (Å²) in [7, 11) is 1.64. The summed E-state index contributed by atoms with van der Waals surface area (Å²) in [6.45, 7) is 0.577. The lowest BCUT2D eigenvalue weighted by atomic mass is 9.84. The van der Waals surface area contributed by atoms with Crippen LogP contribution in [0.3, 0.4) is 0 Å². The van der Waals surface area contributed by atoms with Gasteiger partial charge in [-0.15, -0.1) is 0 Å². The summed E-state index contributed by atoms with van der Waals surface area (Å²) in [6.07, 6.45) is 6.20. The standard InChI is InChI=1S/C18H24N2O2/c1-22-15-9-7-14-8-10-18(21)20(17(14)11-15)12-16(19)13-5-3-2-4-6-13/h7-11,13,16H,2-6,12,19H2,1H3. The Labute approximate surface area is 130 Å². The molecule has 0 bridgehead atoms. The van der Waals surface area contributed by atoms with E-state index in [2.05, 4.69) is 0 Å². The third-order valence-corrected chi connectivity index (χ3v) is 4.85. The van der Waals surface area contributed by atoms with Gasteiger partial charge >= 0.3 is 0 Å². The Hall–Kier alpha value is -1.81. The zero-order valence-electron chi connectivity index (χ0n) is 13.1. The van der Waals surface area contributed by atoms with Crippen LogP contribution in [-0.2, 0) is 6.54 Å². The minimum atomic E-state index is 0.00649. The maximum atomic E-state index is 12.3. The number of nitrogens with zero attached hydrogens (tertiary/aromatic N) is 1. The summed E-state index contributed by atoms with van der Waals surface area (Å²) >= 11 is 0. The Balaban J connectivity index is 1.94. The molecule has 0 amide bonds. The molecule has 4 heteroatoms. The van der Waals surface area contributed by atoms with Gasteiger partial charge < -0.3 is 15.0 Å². The number of nitrogens with two attached hydrogens (primary N) is 1. The summed E-state index contributed by atoms with van der Waals surface area (Å²) in [5, 5.41) is 1.04. The predicted molar refractivity (Wildman–Crippen MR) is 89.3 cm³/mol. The molecule has 22 heavy (non-hydrogen) atoms. The number of fused-ring (bicyclic) bond motifs is 1. The molecule has 1 aromatic carbocycles. The smallest absolute Gasteiger partial charge is 0.251 e. The normalized spacial score (nSPS) is 17.5. The van der Waals surface area contributed by atoms with Crippen LogP contribution in [0.2, 0.25) is 0 Å². The first kappa shape index (κ1) is 15.1. The maximum Gasteiger partial charge on any atom is 0.251 e. The molecule has 1 aromatic heterocycles. The van der Waals surface area contributed by atoms with Crippen LogP contribution in [-0.4, -0.2) is 17.7 Å². The molecular formula is C18H24N2O2. The number of aromatic nitrogens is 1. The van der Waals surface area contributed by atoms with Crippen molar-refractivity contribution in [2.24, 2.45) is 11.7 Å². The second-order valence-electron chi connectivity index (χ2n) is 6.27. The largest absolute Gasteiger partial charge is 0.497 e. The quantitative estimate of drug-likeness (QED) is 0.944. The summed E-state index contributed by atoms with van der Waals surface area (Å²) in [5.74, 6) is 1.29. The lowest BCUT2D eigenvalue weighted by Gasteiger charge is -2.28. The van der Waals surface area contributed by atoms with Gasteiger partial charge in [-0.05, 0) is 42.3 Å². The first-order chi connectivity index (χ1) is 10.7. The van der Waals surface area contributed by atoms with Crippen molar-refractivity contribution in [1.29, 1.82) is 0 Å². The number of benzene rings is 1. The van der Waals surface area contributed by atoms with Gasteiger partial charge in [0.2, 0.25) is 0 Å². The summed E-state index contributed by atoms with van der Waals surface area (Å²) in [4.78, 5) is 12.3. The Bertz CT molecular complexity index is 702. The van der Waals surface area contributed by atoms with Crippen molar-refractivity contribution in [3.05, 3.63) is 40.7 Å². The molecule has 2 aromatic rings. The summed E-state index contributed by atoms with van der Waals surface area (Å²) < 4.78 is 7.09. The van der Waals surface area contributed by atoms with Crippen LogP contribution in [0.4, 0.5) is 0 Å². The van der Waals surface area contributed by atoms with Crippen molar-refractivity contribution in [1.82, 2.24) is 4.57 Å². The molecule has 0 aliphatic heterocycles. The lowest BCUT2D eigenvalue weighted by molar-refractivity contribution is 0.285. The van der Waals surface area contributed by atoms with Gasteiger partial charge in [0.25, 0.3) is 5.56 Å². The summed E-state index contributed by atoms with van der Waals surface area (Å²) in [6, 6.07) is 9.34. The van der Waals surface area contributed by atoms with E-state index in [4.69, 9.17) is 10.5 Å². The topological polar surface area (TPSA) is 57.2 Å². The SMILES string of the molecule is COc1ccc2ccc(=O)n(CC(N)C3CCCCC3)c2c1. The summed E-state index contributed by atoms with van der Waals surface area (Å²) in [5.41, 5.74) is 7.33. The third kappa shape index (κ3) is 3.02. The number of methoxy groups -OCH3 is 1. The van der Waals surface area contributed by atoms with E-state index in [0.717, 1.165) is 16.7 Å². The number of ether oxygens (including phenoxy) is 1. The molecule has 0 spiro atoms. The van der Waals surface area contributed by atoms with Crippen molar-refractivity contribution in [3.8, 4) is 5.75 Å². The van der Waals surface area contributed by atoms with Crippen molar-refractivity contribution in [3.63, 3.8) is 0 Å². The molecule has 1 aliphatic carbocycles. The van der Waals surface area contributed by atoms with Crippen LogP contribution in [0, 0.1) is 5.92 Å². The van der Waals surface area contributed by atoms with Gasteiger partial charge in [-0.2, -0.15) is 0 Å². The van der Waals surface area contributed by atoms with Gasteiger partial charge in [-0.1, -0.05) is 19.3 Å². The number of pyridine rings is 1. The van der Waals surface area contributed by atoms with Crippen molar-refractivity contribution in [2.75, 3.05) is 7.11 Å². The Morgan fingerprint density at radius 1 is 1.23 bits per heavy atom. The van der Waals surface area contributed by atoms with Gasteiger partial charge in [-0.25, -0.2) is 0 Å². The minimum absolute atomic E-state index is 0.00649. The average Bonchev–Trinajstić information content (AvgIpc) is 2.57. The molecule has 0 saturated heterocycles. The molecule has 4 nitrogen and oxygen atoms in total. The zero-order valence-corrected chi connectivity index (χ0v) is 13.1. The van der Waals surface area contributed by atoms with Gasteiger partial charge in [0, 0.05) is 24.7 Å². The Kier molecular flexibility index (Phi) is 4.48. The van der Waals surface area contributed by atoms with E-state index in [1.807, 2.05) is 24.3 Å². The molecule has 3 rings (SSSR count). The molecule has 2 N–H and O–H groups in total. The van der Waals surface area contributed by atoms with Gasteiger partial charge in [-0.3, -0.25) is 4.79 Å². The van der Waals surface area contributed by atoms with Crippen LogP contribution >= 0.6 is 0 Å². The fraction of sp³-hybridized carbons (Fsp3) is 0.500. The van der Waals surface area contributed by atoms with E-state index in [0.29, 0.717) is 12.5 Å². The fourth-order valence-electron chi connectivity index (χ4n) is 3.51. The van der Waals surface area contributed by atoms with Crippen LogP contribution in [0.1, 0.15) is 32.1 Å². The number of hydrogen-bond acceptors (Lipinski definition) is 3. The van der Waals surface area contributed by atoms with Crippen LogP contribution in [0.15, 0.2) is 35.1 Å². The van der Waals surface area contributed by atoms with E-state index in [1.165, 1.54) is 32.1 Å². The molecule has 1 saturated carbocycles. The van der Waals surface area contributed by atoms with Crippen LogP contribution < -0.4 is 16.0 Å². The highest BCUT2D eigenvalue weighted by atomic mass is 16.5. The van der Waals surface area contributed by atoms with E-state index in [-0.39, 0.29) is 11.6 Å². The van der Waals surface area contributed by atoms with Gasteiger partial charge in [0.05, 0.1) is 12.6 Å². The highest BCUT2D eigenvalue weighted by Gasteiger charge is 2.21. The van der Waals surface area contributed by atoms with E-state index < -0.39 is 0 Å². The fourth-order valence-corrected chi connectivity index (χ4v) is 3.51. The molecule has 118 valence electrons. The zero-order chi connectivity index (χ0) is 15.5. The predicted octanol–water partition coefficient (Wildman–Crippen LogP) is 2.92. The second kappa shape index (κ2) is 6.53. The Morgan fingerprint density at radius 2 is 1.95 bits per heavy atom. The van der Waals surface area contributed by atoms with Crippen molar-refractivity contribution < 1.29 is 4.74 Å². The molecule has 1 heterocycles. The number of rotatable bonds is 4. The molecule has 1 aliphatic rings. The monoisotopic (exact) mass is 300 g/mol. The third-order valence-electron chi connectivity index (χ3n) is 4.85. The van der Waals surface area contributed by atoms with Crippen LogP contribution in [0.5, 0.6) is 5.75 Å². The van der Waals surface area contributed by atoms with Crippen LogP contribution in [0.25, 0.3) is 10.9 Å². The maximum absolute atomic E-state index is 12.3. The second-order valence-corrected chi connectivity index (χ2v) is 6.27. The van der Waals surface area contributed by atoms with E-state index in [9.17, 15) is 4.79 Å². The van der Waals surface area contributed by atoms with E-state index >= 15 is 0 Å². The van der Waals surface area contributed by atoms with Gasteiger partial charge in [0.15, 0.2) is 0 Å². The van der Waals surface area contributed by atoms with Crippen molar-refractivity contribution >= 4 is 10.9 Å². The van der Waals surface area contributed by atoms with Crippen molar-refractivity contribution in [2.45, 2.75) is 44.7 Å². The first-order valence-corrected chi connectivity index (χ1v) is 8.12. The molecule has 1 atom stereocenters. The highest BCUT2D eigenvalue weighted by molar-refractivity contribution is 5.80.